The number of carbonyl (C=O) groups is 1. The fourth-order valence-electron chi connectivity index (χ4n) is 1.86. The van der Waals surface area contributed by atoms with Crippen molar-refractivity contribution in [3.63, 3.8) is 0 Å². The highest BCUT2D eigenvalue weighted by atomic mass is 79.9. The summed E-state index contributed by atoms with van der Waals surface area (Å²) in [7, 11) is 0. The van der Waals surface area contributed by atoms with E-state index in [1.54, 1.807) is 17.3 Å². The number of furan rings is 1. The van der Waals surface area contributed by atoms with Crippen molar-refractivity contribution >= 4 is 21.8 Å². The average molecular weight is 297 g/mol. The van der Waals surface area contributed by atoms with Crippen LogP contribution >= 0.6 is 15.9 Å². The van der Waals surface area contributed by atoms with Crippen molar-refractivity contribution in [2.24, 2.45) is 0 Å². The molecule has 0 saturated heterocycles. The first kappa shape index (κ1) is 10.5. The van der Waals surface area contributed by atoms with Gasteiger partial charge in [0.15, 0.2) is 10.5 Å². The van der Waals surface area contributed by atoms with Crippen LogP contribution in [0.1, 0.15) is 16.2 Å². The van der Waals surface area contributed by atoms with Gasteiger partial charge in [-0.25, -0.2) is 0 Å². The molecule has 0 radical (unpaired) electrons. The zero-order valence-corrected chi connectivity index (χ0v) is 10.4. The molecule has 1 aliphatic heterocycles. The lowest BCUT2D eigenvalue weighted by Crippen LogP contribution is -2.38. The van der Waals surface area contributed by atoms with E-state index in [0.717, 1.165) is 12.4 Å². The molecule has 0 atom stereocenters. The highest BCUT2D eigenvalue weighted by Crippen LogP contribution is 2.21. The van der Waals surface area contributed by atoms with E-state index in [4.69, 9.17) is 4.42 Å². The van der Waals surface area contributed by atoms with Gasteiger partial charge in [-0.15, -0.1) is 10.2 Å². The van der Waals surface area contributed by atoms with Gasteiger partial charge in [-0.2, -0.15) is 0 Å². The molecule has 3 rings (SSSR count). The molecule has 6 nitrogen and oxygen atoms in total. The Hall–Kier alpha value is -1.63. The summed E-state index contributed by atoms with van der Waals surface area (Å²) in [6, 6.07) is 1.66. The molecule has 17 heavy (non-hydrogen) atoms. The molecular formula is C10H9BrN4O2. The lowest BCUT2D eigenvalue weighted by Gasteiger charge is -2.26. The molecule has 1 amide bonds. The fourth-order valence-corrected chi connectivity index (χ4v) is 2.27. The minimum Gasteiger partial charge on any atom is -0.457 e. The number of amides is 1. The van der Waals surface area contributed by atoms with Crippen LogP contribution in [0.15, 0.2) is 27.7 Å². The molecule has 0 N–H and O–H groups in total. The van der Waals surface area contributed by atoms with Crippen LogP contribution in [0.25, 0.3) is 0 Å². The quantitative estimate of drug-likeness (QED) is 0.795. The van der Waals surface area contributed by atoms with Crippen molar-refractivity contribution in [3.8, 4) is 0 Å². The van der Waals surface area contributed by atoms with Crippen molar-refractivity contribution < 1.29 is 9.21 Å². The second kappa shape index (κ2) is 3.99. The number of hydrogen-bond donors (Lipinski definition) is 0. The van der Waals surface area contributed by atoms with Gasteiger partial charge >= 0.3 is 0 Å². The van der Waals surface area contributed by atoms with Crippen LogP contribution < -0.4 is 0 Å². The maximum atomic E-state index is 12.2. The summed E-state index contributed by atoms with van der Waals surface area (Å²) in [5, 5.41) is 7.80. The Kier molecular flexibility index (Phi) is 2.47. The molecule has 88 valence electrons. The first-order chi connectivity index (χ1) is 8.25. The predicted molar refractivity (Wildman–Crippen MR) is 61.2 cm³/mol. The molecule has 0 bridgehead atoms. The Balaban J connectivity index is 1.84. The highest BCUT2D eigenvalue weighted by molar-refractivity contribution is 9.10. The van der Waals surface area contributed by atoms with Crippen molar-refractivity contribution in [2.75, 3.05) is 6.54 Å². The van der Waals surface area contributed by atoms with Gasteiger partial charge in [0.05, 0.1) is 18.4 Å². The number of fused-ring (bicyclic) bond motifs is 1. The number of aromatic nitrogens is 3. The first-order valence-corrected chi connectivity index (χ1v) is 5.94. The van der Waals surface area contributed by atoms with Gasteiger partial charge in [0, 0.05) is 13.1 Å². The third kappa shape index (κ3) is 1.76. The van der Waals surface area contributed by atoms with Gasteiger partial charge < -0.3 is 13.9 Å². The summed E-state index contributed by atoms with van der Waals surface area (Å²) in [5.74, 6) is 0.754. The van der Waals surface area contributed by atoms with Crippen LogP contribution in [0.4, 0.5) is 0 Å². The molecule has 7 heteroatoms. The standard InChI is InChI=1S/C10H9BrN4O2/c11-9-7(1-4-17-9)10(16)14-2-3-15-6-12-13-8(15)5-14/h1,4,6H,2-3,5H2. The van der Waals surface area contributed by atoms with E-state index < -0.39 is 0 Å². The van der Waals surface area contributed by atoms with E-state index in [2.05, 4.69) is 26.1 Å². The van der Waals surface area contributed by atoms with Crippen LogP contribution in [0.5, 0.6) is 0 Å². The SMILES string of the molecule is O=C(c1ccoc1Br)N1CCn2cnnc2C1. The number of rotatable bonds is 1. The van der Waals surface area contributed by atoms with E-state index in [9.17, 15) is 4.79 Å². The summed E-state index contributed by atoms with van der Waals surface area (Å²) >= 11 is 3.21. The zero-order valence-electron chi connectivity index (χ0n) is 8.84. The number of halogens is 1. The zero-order chi connectivity index (χ0) is 11.8. The normalized spacial score (nSPS) is 14.8. The summed E-state index contributed by atoms with van der Waals surface area (Å²) < 4.78 is 7.49. The highest BCUT2D eigenvalue weighted by Gasteiger charge is 2.25. The third-order valence-corrected chi connectivity index (χ3v) is 3.39. The molecule has 3 heterocycles. The van der Waals surface area contributed by atoms with Gasteiger partial charge in [0.25, 0.3) is 5.91 Å². The predicted octanol–water partition coefficient (Wildman–Crippen LogP) is 1.29. The van der Waals surface area contributed by atoms with E-state index >= 15 is 0 Å². The third-order valence-electron chi connectivity index (χ3n) is 2.77. The maximum Gasteiger partial charge on any atom is 0.258 e. The topological polar surface area (TPSA) is 64.2 Å². The molecule has 2 aromatic rings. The lowest BCUT2D eigenvalue weighted by atomic mass is 10.2. The maximum absolute atomic E-state index is 12.2. The van der Waals surface area contributed by atoms with Crippen LogP contribution in [0, 0.1) is 0 Å². The van der Waals surface area contributed by atoms with E-state index in [-0.39, 0.29) is 5.91 Å². The van der Waals surface area contributed by atoms with Gasteiger partial charge in [0.1, 0.15) is 6.33 Å². The number of hydrogen-bond acceptors (Lipinski definition) is 4. The Morgan fingerprint density at radius 2 is 2.35 bits per heavy atom. The van der Waals surface area contributed by atoms with Crippen LogP contribution in [0.2, 0.25) is 0 Å². The molecule has 0 aromatic carbocycles. The van der Waals surface area contributed by atoms with Gasteiger partial charge in [-0.1, -0.05) is 0 Å². The molecule has 0 aliphatic carbocycles. The Morgan fingerprint density at radius 3 is 3.12 bits per heavy atom. The Bertz CT molecular complexity index is 562. The lowest BCUT2D eigenvalue weighted by molar-refractivity contribution is 0.0705. The number of carbonyl (C=O) groups excluding carboxylic acids is 1. The molecule has 2 aromatic heterocycles. The fraction of sp³-hybridized carbons (Fsp3) is 0.300. The molecule has 1 aliphatic rings. The smallest absolute Gasteiger partial charge is 0.258 e. The summed E-state index contributed by atoms with van der Waals surface area (Å²) in [6.45, 7) is 1.86. The second-order valence-electron chi connectivity index (χ2n) is 3.78. The monoisotopic (exact) mass is 296 g/mol. The van der Waals surface area contributed by atoms with E-state index in [1.165, 1.54) is 6.26 Å². The summed E-state index contributed by atoms with van der Waals surface area (Å²) in [4.78, 5) is 13.9. The molecule has 0 unspecified atom stereocenters. The Labute approximate surface area is 105 Å². The van der Waals surface area contributed by atoms with Gasteiger partial charge in [-0.3, -0.25) is 4.79 Å². The van der Waals surface area contributed by atoms with Crippen LogP contribution in [-0.2, 0) is 13.1 Å². The van der Waals surface area contributed by atoms with Crippen molar-refractivity contribution in [2.45, 2.75) is 13.1 Å². The van der Waals surface area contributed by atoms with Crippen molar-refractivity contribution in [1.82, 2.24) is 19.7 Å². The van der Waals surface area contributed by atoms with E-state index in [0.29, 0.717) is 23.3 Å². The van der Waals surface area contributed by atoms with Crippen LogP contribution in [-0.4, -0.2) is 32.1 Å². The molecule has 0 fully saturated rings. The van der Waals surface area contributed by atoms with Crippen molar-refractivity contribution in [1.29, 1.82) is 0 Å². The summed E-state index contributed by atoms with van der Waals surface area (Å²) in [5.41, 5.74) is 0.540. The van der Waals surface area contributed by atoms with E-state index in [1.807, 2.05) is 4.57 Å². The largest absolute Gasteiger partial charge is 0.457 e. The number of nitrogens with zero attached hydrogens (tertiary/aromatic N) is 4. The second-order valence-corrected chi connectivity index (χ2v) is 4.50. The molecule has 0 spiro atoms. The average Bonchev–Trinajstić information content (AvgIpc) is 2.95. The minimum atomic E-state index is -0.0557. The first-order valence-electron chi connectivity index (χ1n) is 5.14. The van der Waals surface area contributed by atoms with Gasteiger partial charge in [-0.05, 0) is 22.0 Å². The van der Waals surface area contributed by atoms with Crippen LogP contribution in [0.3, 0.4) is 0 Å². The Morgan fingerprint density at radius 1 is 1.47 bits per heavy atom. The molecule has 0 saturated carbocycles. The van der Waals surface area contributed by atoms with Crippen molar-refractivity contribution in [3.05, 3.63) is 34.7 Å². The molecular weight excluding hydrogens is 288 g/mol. The minimum absolute atomic E-state index is 0.0557. The van der Waals surface area contributed by atoms with Gasteiger partial charge in [0.2, 0.25) is 0 Å². The summed E-state index contributed by atoms with van der Waals surface area (Å²) in [6.07, 6.45) is 3.18.